The van der Waals surface area contributed by atoms with Gasteiger partial charge in [0.15, 0.2) is 6.10 Å². The van der Waals surface area contributed by atoms with Gasteiger partial charge in [0.2, 0.25) is 0 Å². The van der Waals surface area contributed by atoms with E-state index in [1.807, 2.05) is 0 Å². The summed E-state index contributed by atoms with van der Waals surface area (Å²) in [4.78, 5) is 48.0. The van der Waals surface area contributed by atoms with Crippen molar-refractivity contribution in [2.45, 2.75) is 82.6 Å². The number of carbonyl (C=O) groups is 4. The molecule has 0 aliphatic carbocycles. The van der Waals surface area contributed by atoms with Crippen molar-refractivity contribution in [1.29, 1.82) is 0 Å². The second-order valence-electron chi connectivity index (χ2n) is 6.50. The largest absolute Gasteiger partial charge is 0.455 e. The second-order valence-corrected chi connectivity index (χ2v) is 6.50. The minimum Gasteiger partial charge on any atom is -0.455 e. The topological polar surface area (TPSA) is 146 Å². The highest BCUT2D eigenvalue weighted by atomic mass is 16.9. The van der Waals surface area contributed by atoms with Gasteiger partial charge in [0.1, 0.15) is 0 Å². The van der Waals surface area contributed by atoms with Crippen molar-refractivity contribution in [2.24, 2.45) is 0 Å². The summed E-state index contributed by atoms with van der Waals surface area (Å²) < 4.78 is 19.7. The summed E-state index contributed by atoms with van der Waals surface area (Å²) in [6, 6.07) is 0. The molecule has 2 aliphatic heterocycles. The van der Waals surface area contributed by atoms with E-state index in [-0.39, 0.29) is 38.5 Å². The zero-order chi connectivity index (χ0) is 20.1. The Labute approximate surface area is 155 Å². The molecule has 2 unspecified atom stereocenters. The molecule has 10 nitrogen and oxygen atoms in total. The fraction of sp³-hybridized carbons (Fsp3) is 0.765. The van der Waals surface area contributed by atoms with E-state index in [1.54, 1.807) is 0 Å². The first-order chi connectivity index (χ1) is 12.7. The molecule has 2 saturated heterocycles. The Morgan fingerprint density at radius 1 is 0.778 bits per heavy atom. The number of rotatable bonds is 2. The lowest BCUT2D eigenvalue weighted by molar-refractivity contribution is -0.459. The molecule has 2 fully saturated rings. The average molecular weight is 388 g/mol. The van der Waals surface area contributed by atoms with E-state index in [9.17, 15) is 29.4 Å². The van der Waals surface area contributed by atoms with Crippen molar-refractivity contribution in [3.8, 4) is 0 Å². The first kappa shape index (κ1) is 21.1. The number of cyclic esters (lactones) is 4. The number of carbonyl (C=O) groups excluding carboxylic acids is 4. The Kier molecular flexibility index (Phi) is 6.77. The molecular formula is C17H24O10. The molecule has 0 radical (unpaired) electrons. The lowest BCUT2D eigenvalue weighted by Crippen LogP contribution is -2.67. The molecule has 152 valence electrons. The van der Waals surface area contributed by atoms with Gasteiger partial charge in [-0.3, -0.25) is 19.2 Å². The highest BCUT2D eigenvalue weighted by Gasteiger charge is 2.66. The number of esters is 4. The molecule has 27 heavy (non-hydrogen) atoms. The van der Waals surface area contributed by atoms with Crippen molar-refractivity contribution in [3.63, 3.8) is 0 Å². The van der Waals surface area contributed by atoms with Crippen LogP contribution in [-0.2, 0) is 38.1 Å². The second kappa shape index (κ2) is 8.66. The third-order valence-corrected chi connectivity index (χ3v) is 4.33. The third kappa shape index (κ3) is 4.95. The number of hydrogen-bond donors (Lipinski definition) is 2. The molecule has 0 aromatic carbocycles. The predicted octanol–water partition coefficient (Wildman–Crippen LogP) is 0.420. The van der Waals surface area contributed by atoms with Gasteiger partial charge in [-0.2, -0.15) is 0 Å². The molecular weight excluding hydrogens is 364 g/mol. The lowest BCUT2D eigenvalue weighted by Gasteiger charge is -2.42. The molecule has 2 N–H and O–H groups in total. The van der Waals surface area contributed by atoms with Crippen molar-refractivity contribution in [1.82, 2.24) is 0 Å². The first-order valence-corrected chi connectivity index (χ1v) is 9.00. The summed E-state index contributed by atoms with van der Waals surface area (Å²) in [5.41, 5.74) is 0. The molecule has 2 heterocycles. The van der Waals surface area contributed by atoms with E-state index >= 15 is 0 Å². The highest BCUT2D eigenvalue weighted by Crippen LogP contribution is 2.36. The van der Waals surface area contributed by atoms with E-state index < -0.39 is 41.7 Å². The average Bonchev–Trinajstić information content (AvgIpc) is 2.65. The fourth-order valence-electron chi connectivity index (χ4n) is 2.87. The zero-order valence-electron chi connectivity index (χ0n) is 15.1. The molecule has 0 saturated carbocycles. The molecule has 2 atom stereocenters. The SMILES string of the molecule is CCC1OC(=O)CCCCC(=O)OC1(O)C1(O)OC(=O)CCCCC(=O)O1. The van der Waals surface area contributed by atoms with Gasteiger partial charge < -0.3 is 29.2 Å². The standard InChI is InChI=1S/C17H24O10/c1-2-11-16(22,25-13(19)8-4-3-7-12(18)24-11)17(23)26-14(20)9-5-6-10-15(21)27-17/h11,22-23H,2-10H2,1H3. The van der Waals surface area contributed by atoms with Gasteiger partial charge in [0.25, 0.3) is 0 Å². The van der Waals surface area contributed by atoms with Crippen LogP contribution in [0.1, 0.15) is 64.7 Å². The zero-order valence-corrected chi connectivity index (χ0v) is 15.1. The number of aliphatic hydroxyl groups is 2. The van der Waals surface area contributed by atoms with Crippen molar-refractivity contribution < 1.29 is 48.3 Å². The first-order valence-electron chi connectivity index (χ1n) is 9.00. The van der Waals surface area contributed by atoms with E-state index in [0.29, 0.717) is 19.3 Å². The fourth-order valence-corrected chi connectivity index (χ4v) is 2.87. The minimum absolute atomic E-state index is 0.0160. The van der Waals surface area contributed by atoms with Crippen LogP contribution in [0.3, 0.4) is 0 Å². The van der Waals surface area contributed by atoms with Crippen molar-refractivity contribution in [2.75, 3.05) is 0 Å². The molecule has 2 rings (SSSR count). The van der Waals surface area contributed by atoms with E-state index in [4.69, 9.17) is 18.9 Å². The van der Waals surface area contributed by atoms with Gasteiger partial charge >= 0.3 is 35.6 Å². The Morgan fingerprint density at radius 2 is 1.19 bits per heavy atom. The van der Waals surface area contributed by atoms with E-state index in [2.05, 4.69) is 0 Å². The van der Waals surface area contributed by atoms with Crippen LogP contribution in [0.25, 0.3) is 0 Å². The summed E-state index contributed by atoms with van der Waals surface area (Å²) in [7, 11) is 0. The number of ether oxygens (including phenoxy) is 4. The maximum atomic E-state index is 12.1. The lowest BCUT2D eigenvalue weighted by atomic mass is 10.0. The minimum atomic E-state index is -3.36. The van der Waals surface area contributed by atoms with Crippen molar-refractivity contribution >= 4 is 23.9 Å². The van der Waals surface area contributed by atoms with Crippen LogP contribution in [-0.4, -0.2) is 52.0 Å². The van der Waals surface area contributed by atoms with Crippen LogP contribution in [0.15, 0.2) is 0 Å². The Morgan fingerprint density at radius 3 is 1.63 bits per heavy atom. The molecule has 0 spiro atoms. The molecule has 0 bridgehead atoms. The Balaban J connectivity index is 2.47. The summed E-state index contributed by atoms with van der Waals surface area (Å²) in [5, 5.41) is 21.9. The van der Waals surface area contributed by atoms with Crippen LogP contribution >= 0.6 is 0 Å². The van der Waals surface area contributed by atoms with E-state index in [1.165, 1.54) is 6.92 Å². The van der Waals surface area contributed by atoms with Gasteiger partial charge in [-0.05, 0) is 32.1 Å². The van der Waals surface area contributed by atoms with Crippen LogP contribution in [0.4, 0.5) is 0 Å². The van der Waals surface area contributed by atoms with Gasteiger partial charge in [0.05, 0.1) is 0 Å². The summed E-state index contributed by atoms with van der Waals surface area (Å²) in [6.45, 7) is 1.48. The maximum absolute atomic E-state index is 12.1. The van der Waals surface area contributed by atoms with Crippen molar-refractivity contribution in [3.05, 3.63) is 0 Å². The molecule has 0 amide bonds. The van der Waals surface area contributed by atoms with Gasteiger partial charge in [0, 0.05) is 25.7 Å². The monoisotopic (exact) mass is 388 g/mol. The summed E-state index contributed by atoms with van der Waals surface area (Å²) in [5.74, 6) is -10.1. The Hall–Kier alpha value is -2.20. The smallest absolute Gasteiger partial charge is 0.447 e. The maximum Gasteiger partial charge on any atom is 0.447 e. The van der Waals surface area contributed by atoms with Gasteiger partial charge in [-0.25, -0.2) is 0 Å². The summed E-state index contributed by atoms with van der Waals surface area (Å²) >= 11 is 0. The number of hydrogen-bond acceptors (Lipinski definition) is 10. The molecule has 10 heteroatoms. The van der Waals surface area contributed by atoms with Gasteiger partial charge in [-0.15, -0.1) is 0 Å². The van der Waals surface area contributed by atoms with Crippen LogP contribution < -0.4 is 0 Å². The molecule has 0 aromatic heterocycles. The quantitative estimate of drug-likeness (QED) is 0.504. The molecule has 0 aromatic rings. The Bertz CT molecular complexity index is 581. The molecule has 2 aliphatic rings. The van der Waals surface area contributed by atoms with Crippen LogP contribution in [0.2, 0.25) is 0 Å². The van der Waals surface area contributed by atoms with E-state index in [0.717, 1.165) is 0 Å². The van der Waals surface area contributed by atoms with Gasteiger partial charge in [-0.1, -0.05) is 6.92 Å². The predicted molar refractivity (Wildman–Crippen MR) is 85.3 cm³/mol. The normalized spacial score (nSPS) is 30.6. The highest BCUT2D eigenvalue weighted by molar-refractivity contribution is 5.74. The summed E-state index contributed by atoms with van der Waals surface area (Å²) in [6.07, 6.45) is -1.01. The third-order valence-electron chi connectivity index (χ3n) is 4.33. The van der Waals surface area contributed by atoms with Crippen LogP contribution in [0, 0.1) is 0 Å². The van der Waals surface area contributed by atoms with Crippen LogP contribution in [0.5, 0.6) is 0 Å².